The lowest BCUT2D eigenvalue weighted by molar-refractivity contribution is -0.385. The zero-order valence-corrected chi connectivity index (χ0v) is 12.0. The van der Waals surface area contributed by atoms with Gasteiger partial charge < -0.3 is 9.47 Å². The predicted octanol–water partition coefficient (Wildman–Crippen LogP) is 3.79. The van der Waals surface area contributed by atoms with Crippen LogP contribution >= 0.6 is 11.6 Å². The third-order valence-corrected chi connectivity index (χ3v) is 3.04. The molecule has 5 nitrogen and oxygen atoms in total. The van der Waals surface area contributed by atoms with E-state index in [9.17, 15) is 10.1 Å². The Morgan fingerprint density at radius 1 is 1.05 bits per heavy atom. The third kappa shape index (κ3) is 4.36. The highest BCUT2D eigenvalue weighted by atomic mass is 35.5. The van der Waals surface area contributed by atoms with Gasteiger partial charge in [-0.15, -0.1) is 11.6 Å². The number of hydrogen-bond donors (Lipinski definition) is 0. The summed E-state index contributed by atoms with van der Waals surface area (Å²) in [4.78, 5) is 10.5. The average Bonchev–Trinajstić information content (AvgIpc) is 2.52. The van der Waals surface area contributed by atoms with Crippen LogP contribution in [0.1, 0.15) is 5.56 Å². The van der Waals surface area contributed by atoms with E-state index in [2.05, 4.69) is 0 Å². The van der Waals surface area contributed by atoms with E-state index in [-0.39, 0.29) is 23.9 Å². The molecule has 0 aliphatic heterocycles. The summed E-state index contributed by atoms with van der Waals surface area (Å²) < 4.78 is 10.9. The molecule has 0 saturated carbocycles. The summed E-state index contributed by atoms with van der Waals surface area (Å²) in [5.41, 5.74) is 0.685. The van der Waals surface area contributed by atoms with Crippen LogP contribution < -0.4 is 9.47 Å². The summed E-state index contributed by atoms with van der Waals surface area (Å²) in [6.07, 6.45) is 0. The highest BCUT2D eigenvalue weighted by Crippen LogP contribution is 2.28. The lowest BCUT2D eigenvalue weighted by Crippen LogP contribution is -2.10. The van der Waals surface area contributed by atoms with Gasteiger partial charge in [0.2, 0.25) is 0 Å². The topological polar surface area (TPSA) is 61.6 Å². The van der Waals surface area contributed by atoms with Crippen LogP contribution in [-0.4, -0.2) is 18.1 Å². The quantitative estimate of drug-likeness (QED) is 0.338. The van der Waals surface area contributed by atoms with Crippen LogP contribution in [0.15, 0.2) is 48.5 Å². The summed E-state index contributed by atoms with van der Waals surface area (Å²) in [7, 11) is 0. The molecule has 0 radical (unpaired) electrons. The second kappa shape index (κ2) is 7.50. The molecule has 0 heterocycles. The van der Waals surface area contributed by atoms with Crippen molar-refractivity contribution in [2.24, 2.45) is 0 Å². The zero-order chi connectivity index (χ0) is 15.1. The minimum Gasteiger partial charge on any atom is -0.490 e. The van der Waals surface area contributed by atoms with E-state index in [4.69, 9.17) is 21.1 Å². The monoisotopic (exact) mass is 307 g/mol. The number of rotatable bonds is 7. The first-order chi connectivity index (χ1) is 10.2. The summed E-state index contributed by atoms with van der Waals surface area (Å²) in [6, 6.07) is 13.9. The molecule has 0 atom stereocenters. The standard InChI is InChI=1S/C15H14ClNO4/c16-11-12-6-7-14(17(18)19)15(10-12)21-9-8-20-13-4-2-1-3-5-13/h1-7,10H,8-9,11H2. The van der Waals surface area contributed by atoms with Crippen molar-refractivity contribution in [2.45, 2.75) is 5.88 Å². The summed E-state index contributed by atoms with van der Waals surface area (Å²) >= 11 is 5.72. The number of para-hydroxylation sites is 1. The average molecular weight is 308 g/mol. The lowest BCUT2D eigenvalue weighted by Gasteiger charge is -2.09. The molecule has 0 bridgehead atoms. The van der Waals surface area contributed by atoms with Crippen molar-refractivity contribution in [1.29, 1.82) is 0 Å². The van der Waals surface area contributed by atoms with Gasteiger partial charge in [0.05, 0.1) is 4.92 Å². The molecule has 110 valence electrons. The summed E-state index contributed by atoms with van der Waals surface area (Å²) in [5.74, 6) is 1.20. The first-order valence-corrected chi connectivity index (χ1v) is 6.88. The van der Waals surface area contributed by atoms with Crippen LogP contribution in [0.2, 0.25) is 0 Å². The number of benzene rings is 2. The fourth-order valence-corrected chi connectivity index (χ4v) is 1.90. The number of ether oxygens (including phenoxy) is 2. The van der Waals surface area contributed by atoms with E-state index in [0.29, 0.717) is 6.61 Å². The SMILES string of the molecule is O=[N+]([O-])c1ccc(CCl)cc1OCCOc1ccccc1. The van der Waals surface area contributed by atoms with E-state index < -0.39 is 4.92 Å². The highest BCUT2D eigenvalue weighted by molar-refractivity contribution is 6.17. The van der Waals surface area contributed by atoms with Crippen LogP contribution in [-0.2, 0) is 5.88 Å². The molecule has 6 heteroatoms. The minimum absolute atomic E-state index is 0.0800. The Bertz CT molecular complexity index is 604. The van der Waals surface area contributed by atoms with E-state index in [1.807, 2.05) is 30.3 Å². The normalized spacial score (nSPS) is 10.1. The van der Waals surface area contributed by atoms with Gasteiger partial charge in [-0.05, 0) is 23.8 Å². The van der Waals surface area contributed by atoms with Crippen molar-refractivity contribution in [3.63, 3.8) is 0 Å². The highest BCUT2D eigenvalue weighted by Gasteiger charge is 2.15. The Balaban J connectivity index is 1.94. The van der Waals surface area contributed by atoms with Gasteiger partial charge >= 0.3 is 5.69 Å². The van der Waals surface area contributed by atoms with Crippen LogP contribution in [0.4, 0.5) is 5.69 Å². The van der Waals surface area contributed by atoms with Gasteiger partial charge in [0.15, 0.2) is 5.75 Å². The van der Waals surface area contributed by atoms with E-state index >= 15 is 0 Å². The molecule has 0 unspecified atom stereocenters. The second-order valence-electron chi connectivity index (χ2n) is 4.20. The first-order valence-electron chi connectivity index (χ1n) is 6.34. The zero-order valence-electron chi connectivity index (χ0n) is 11.2. The van der Waals surface area contributed by atoms with E-state index in [1.165, 1.54) is 6.07 Å². The fraction of sp³-hybridized carbons (Fsp3) is 0.200. The third-order valence-electron chi connectivity index (χ3n) is 2.73. The largest absolute Gasteiger partial charge is 0.490 e. The number of hydrogen-bond acceptors (Lipinski definition) is 4. The first kappa shape index (κ1) is 15.1. The smallest absolute Gasteiger partial charge is 0.310 e. The van der Waals surface area contributed by atoms with Crippen molar-refractivity contribution >= 4 is 17.3 Å². The number of nitro benzene ring substituents is 1. The molecule has 2 aromatic carbocycles. The molecule has 21 heavy (non-hydrogen) atoms. The number of alkyl halides is 1. The van der Waals surface area contributed by atoms with Gasteiger partial charge in [-0.2, -0.15) is 0 Å². The Kier molecular flexibility index (Phi) is 5.40. The maximum atomic E-state index is 10.9. The van der Waals surface area contributed by atoms with Gasteiger partial charge in [0.25, 0.3) is 0 Å². The van der Waals surface area contributed by atoms with Crippen molar-refractivity contribution in [2.75, 3.05) is 13.2 Å². The molecule has 2 aromatic rings. The van der Waals surface area contributed by atoms with Gasteiger partial charge in [0, 0.05) is 11.9 Å². The minimum atomic E-state index is -0.481. The Hall–Kier alpha value is -2.27. The van der Waals surface area contributed by atoms with Crippen molar-refractivity contribution < 1.29 is 14.4 Å². The van der Waals surface area contributed by atoms with Gasteiger partial charge in [-0.3, -0.25) is 10.1 Å². The molecule has 2 rings (SSSR count). The molecule has 0 aromatic heterocycles. The summed E-state index contributed by atoms with van der Waals surface area (Å²) in [6.45, 7) is 0.508. The Morgan fingerprint density at radius 2 is 1.76 bits per heavy atom. The number of halogens is 1. The number of nitrogens with zero attached hydrogens (tertiary/aromatic N) is 1. The lowest BCUT2D eigenvalue weighted by atomic mass is 10.2. The molecule has 0 fully saturated rings. The van der Waals surface area contributed by atoms with Crippen molar-refractivity contribution in [1.82, 2.24) is 0 Å². The molecule has 0 saturated heterocycles. The molecule has 0 aliphatic carbocycles. The predicted molar refractivity (Wildman–Crippen MR) is 80.1 cm³/mol. The molecule has 0 spiro atoms. The van der Waals surface area contributed by atoms with E-state index in [1.54, 1.807) is 12.1 Å². The molecular formula is C15H14ClNO4. The van der Waals surface area contributed by atoms with Crippen molar-refractivity contribution in [3.05, 3.63) is 64.2 Å². The Labute approximate surface area is 127 Å². The molecular weight excluding hydrogens is 294 g/mol. The van der Waals surface area contributed by atoms with Crippen LogP contribution in [0.5, 0.6) is 11.5 Å². The maximum Gasteiger partial charge on any atom is 0.310 e. The summed E-state index contributed by atoms with van der Waals surface area (Å²) in [5, 5.41) is 10.9. The van der Waals surface area contributed by atoms with E-state index in [0.717, 1.165) is 11.3 Å². The second-order valence-corrected chi connectivity index (χ2v) is 4.47. The van der Waals surface area contributed by atoms with Crippen LogP contribution in [0.25, 0.3) is 0 Å². The molecule has 0 N–H and O–H groups in total. The van der Waals surface area contributed by atoms with Gasteiger partial charge in [-0.25, -0.2) is 0 Å². The molecule has 0 aliphatic rings. The number of nitro groups is 1. The van der Waals surface area contributed by atoms with Crippen LogP contribution in [0, 0.1) is 10.1 Å². The Morgan fingerprint density at radius 3 is 2.43 bits per heavy atom. The van der Waals surface area contributed by atoms with Gasteiger partial charge in [0.1, 0.15) is 19.0 Å². The van der Waals surface area contributed by atoms with Gasteiger partial charge in [-0.1, -0.05) is 24.3 Å². The molecule has 0 amide bonds. The van der Waals surface area contributed by atoms with Crippen LogP contribution in [0.3, 0.4) is 0 Å². The fourth-order valence-electron chi connectivity index (χ4n) is 1.74. The van der Waals surface area contributed by atoms with Crippen molar-refractivity contribution in [3.8, 4) is 11.5 Å². The maximum absolute atomic E-state index is 10.9.